The summed E-state index contributed by atoms with van der Waals surface area (Å²) in [6.45, 7) is 4.55. The lowest BCUT2D eigenvalue weighted by Gasteiger charge is -2.27. The summed E-state index contributed by atoms with van der Waals surface area (Å²) >= 11 is 0. The highest BCUT2D eigenvalue weighted by atomic mass is 16.2. The summed E-state index contributed by atoms with van der Waals surface area (Å²) in [5.41, 5.74) is 1.23. The molecule has 3 unspecified atom stereocenters. The second-order valence-electron chi connectivity index (χ2n) is 8.23. The third kappa shape index (κ3) is 4.51. The Kier molecular flexibility index (Phi) is 6.65. The van der Waals surface area contributed by atoms with Crippen molar-refractivity contribution in [3.8, 4) is 0 Å². The first-order valence-corrected chi connectivity index (χ1v) is 10.3. The molecular weight excluding hydrogens is 352 g/mol. The van der Waals surface area contributed by atoms with E-state index in [2.05, 4.69) is 17.4 Å². The number of imide groups is 1. The molecule has 1 heterocycles. The Morgan fingerprint density at radius 3 is 2.25 bits per heavy atom. The van der Waals surface area contributed by atoms with E-state index >= 15 is 0 Å². The number of carbonyl (C=O) groups excluding carboxylic acids is 3. The van der Waals surface area contributed by atoms with Crippen molar-refractivity contribution < 1.29 is 14.4 Å². The van der Waals surface area contributed by atoms with E-state index in [1.807, 2.05) is 44.2 Å². The van der Waals surface area contributed by atoms with Crippen molar-refractivity contribution in [3.63, 3.8) is 0 Å². The van der Waals surface area contributed by atoms with Crippen molar-refractivity contribution >= 4 is 17.7 Å². The molecule has 5 heteroatoms. The van der Waals surface area contributed by atoms with Crippen molar-refractivity contribution in [2.24, 2.45) is 17.8 Å². The van der Waals surface area contributed by atoms with E-state index in [0.717, 1.165) is 12.8 Å². The first kappa shape index (κ1) is 20.3. The Morgan fingerprint density at radius 1 is 1.07 bits per heavy atom. The molecule has 3 amide bonds. The quantitative estimate of drug-likeness (QED) is 0.427. The van der Waals surface area contributed by atoms with Crippen LogP contribution in [0.15, 0.2) is 42.5 Å². The molecular formula is C23H30N2O3. The molecule has 1 aromatic rings. The zero-order valence-corrected chi connectivity index (χ0v) is 16.8. The molecule has 1 fully saturated rings. The van der Waals surface area contributed by atoms with Gasteiger partial charge in [-0.3, -0.25) is 19.3 Å². The highest BCUT2D eigenvalue weighted by Gasteiger charge is 2.51. The van der Waals surface area contributed by atoms with Gasteiger partial charge in [0.05, 0.1) is 11.8 Å². The predicted octanol–water partition coefficient (Wildman–Crippen LogP) is 3.10. The molecule has 0 radical (unpaired) electrons. The minimum Gasteiger partial charge on any atom is -0.354 e. The van der Waals surface area contributed by atoms with Crippen LogP contribution in [0.5, 0.6) is 0 Å². The molecule has 1 aromatic carbocycles. The average molecular weight is 383 g/mol. The summed E-state index contributed by atoms with van der Waals surface area (Å²) in [6, 6.07) is 9.43. The smallest absolute Gasteiger partial charge is 0.243 e. The maximum Gasteiger partial charge on any atom is 0.243 e. The number of hydrogen-bond acceptors (Lipinski definition) is 3. The van der Waals surface area contributed by atoms with Crippen LogP contribution in [0.1, 0.15) is 45.1 Å². The van der Waals surface area contributed by atoms with Crippen LogP contribution in [0.4, 0.5) is 0 Å². The minimum absolute atomic E-state index is 0.176. The first-order valence-electron chi connectivity index (χ1n) is 10.3. The molecule has 28 heavy (non-hydrogen) atoms. The highest BCUT2D eigenvalue weighted by molar-refractivity contribution is 6.08. The maximum atomic E-state index is 12.9. The van der Waals surface area contributed by atoms with Gasteiger partial charge in [0, 0.05) is 6.54 Å². The van der Waals surface area contributed by atoms with Crippen molar-refractivity contribution in [3.05, 3.63) is 48.0 Å². The molecule has 1 aliphatic carbocycles. The first-order chi connectivity index (χ1) is 13.5. The molecule has 1 aliphatic heterocycles. The zero-order valence-electron chi connectivity index (χ0n) is 16.8. The van der Waals surface area contributed by atoms with Crippen molar-refractivity contribution in [2.75, 3.05) is 6.54 Å². The van der Waals surface area contributed by atoms with E-state index in [1.54, 1.807) is 0 Å². The molecule has 0 bridgehead atoms. The van der Waals surface area contributed by atoms with E-state index in [0.29, 0.717) is 25.8 Å². The van der Waals surface area contributed by atoms with Gasteiger partial charge in [-0.1, -0.05) is 56.3 Å². The van der Waals surface area contributed by atoms with Gasteiger partial charge in [0.2, 0.25) is 17.7 Å². The van der Waals surface area contributed by atoms with Gasteiger partial charge in [-0.2, -0.15) is 0 Å². The number of nitrogens with one attached hydrogen (secondary N) is 1. The minimum atomic E-state index is -0.706. The Bertz CT molecular complexity index is 715. The third-order valence-corrected chi connectivity index (χ3v) is 5.63. The fraction of sp³-hybridized carbons (Fsp3) is 0.522. The summed E-state index contributed by atoms with van der Waals surface area (Å²) in [5.74, 6) is -0.943. The molecule has 0 spiro atoms. The van der Waals surface area contributed by atoms with Crippen LogP contribution in [0, 0.1) is 17.8 Å². The van der Waals surface area contributed by atoms with Crippen LogP contribution in [-0.2, 0) is 20.8 Å². The lowest BCUT2D eigenvalue weighted by Crippen LogP contribution is -2.50. The number of carbonyl (C=O) groups is 3. The van der Waals surface area contributed by atoms with Crippen molar-refractivity contribution in [1.82, 2.24) is 10.2 Å². The number of benzene rings is 1. The van der Waals surface area contributed by atoms with Crippen LogP contribution in [-0.4, -0.2) is 35.2 Å². The molecule has 1 saturated heterocycles. The largest absolute Gasteiger partial charge is 0.354 e. The van der Waals surface area contributed by atoms with E-state index in [4.69, 9.17) is 0 Å². The lowest BCUT2D eigenvalue weighted by molar-refractivity contribution is -0.148. The maximum absolute atomic E-state index is 12.9. The Hall–Kier alpha value is -2.43. The number of nitrogens with zero attached hydrogens (tertiary/aromatic N) is 1. The molecule has 1 N–H and O–H groups in total. The topological polar surface area (TPSA) is 66.5 Å². The van der Waals surface area contributed by atoms with E-state index in [-0.39, 0.29) is 35.5 Å². The fourth-order valence-electron chi connectivity index (χ4n) is 4.18. The van der Waals surface area contributed by atoms with Crippen molar-refractivity contribution in [2.45, 2.75) is 52.0 Å². The van der Waals surface area contributed by atoms with Gasteiger partial charge in [-0.15, -0.1) is 0 Å². The predicted molar refractivity (Wildman–Crippen MR) is 108 cm³/mol. The Labute approximate surface area is 167 Å². The number of likely N-dealkylation sites (tertiary alicyclic amines) is 1. The summed E-state index contributed by atoms with van der Waals surface area (Å²) in [4.78, 5) is 39.9. The molecule has 5 nitrogen and oxygen atoms in total. The van der Waals surface area contributed by atoms with Crippen LogP contribution >= 0.6 is 0 Å². The number of fused-ring (bicyclic) bond motifs is 1. The number of aryl methyl sites for hydroxylation is 1. The van der Waals surface area contributed by atoms with Crippen LogP contribution in [0.2, 0.25) is 0 Å². The number of allylic oxidation sites excluding steroid dienone is 2. The van der Waals surface area contributed by atoms with Gasteiger partial charge in [-0.25, -0.2) is 0 Å². The molecule has 0 aromatic heterocycles. The SMILES string of the molecule is CC(C)CC(C(=O)NCCCc1ccccc1)N1C(=O)C2CC=CCC2C1=O. The van der Waals surface area contributed by atoms with Crippen LogP contribution in [0.3, 0.4) is 0 Å². The normalized spacial score (nSPS) is 22.5. The molecule has 2 aliphatic rings. The monoisotopic (exact) mass is 382 g/mol. The van der Waals surface area contributed by atoms with Gasteiger partial charge in [0.1, 0.15) is 6.04 Å². The van der Waals surface area contributed by atoms with Gasteiger partial charge >= 0.3 is 0 Å². The van der Waals surface area contributed by atoms with Gasteiger partial charge in [-0.05, 0) is 43.6 Å². The Balaban J connectivity index is 1.62. The van der Waals surface area contributed by atoms with Gasteiger partial charge < -0.3 is 5.32 Å². The summed E-state index contributed by atoms with van der Waals surface area (Å²) in [7, 11) is 0. The molecule has 3 rings (SSSR count). The number of rotatable bonds is 8. The zero-order chi connectivity index (χ0) is 20.1. The summed E-state index contributed by atoms with van der Waals surface area (Å²) in [5, 5.41) is 2.96. The standard InChI is InChI=1S/C23H30N2O3/c1-16(2)15-20(21(26)24-14-8-11-17-9-4-3-5-10-17)25-22(27)18-12-6-7-13-19(18)23(25)28/h3-7,9-10,16,18-20H,8,11-15H2,1-2H3,(H,24,26). The van der Waals surface area contributed by atoms with Crippen LogP contribution in [0.25, 0.3) is 0 Å². The summed E-state index contributed by atoms with van der Waals surface area (Å²) in [6.07, 6.45) is 7.33. The second-order valence-corrected chi connectivity index (χ2v) is 8.23. The number of amides is 3. The third-order valence-electron chi connectivity index (χ3n) is 5.63. The highest BCUT2D eigenvalue weighted by Crippen LogP contribution is 2.37. The lowest BCUT2D eigenvalue weighted by atomic mass is 9.85. The van der Waals surface area contributed by atoms with Gasteiger partial charge in [0.25, 0.3) is 0 Å². The molecule has 3 atom stereocenters. The van der Waals surface area contributed by atoms with Gasteiger partial charge in [0.15, 0.2) is 0 Å². The van der Waals surface area contributed by atoms with E-state index in [9.17, 15) is 14.4 Å². The Morgan fingerprint density at radius 2 is 1.68 bits per heavy atom. The number of hydrogen-bond donors (Lipinski definition) is 1. The van der Waals surface area contributed by atoms with Crippen molar-refractivity contribution in [1.29, 1.82) is 0 Å². The average Bonchev–Trinajstić information content (AvgIpc) is 2.95. The molecule has 0 saturated carbocycles. The fourth-order valence-corrected chi connectivity index (χ4v) is 4.18. The summed E-state index contributed by atoms with van der Waals surface area (Å²) < 4.78 is 0. The van der Waals surface area contributed by atoms with E-state index in [1.165, 1.54) is 10.5 Å². The second kappa shape index (κ2) is 9.18. The van der Waals surface area contributed by atoms with Crippen LogP contribution < -0.4 is 5.32 Å². The molecule has 150 valence electrons. The van der Waals surface area contributed by atoms with E-state index < -0.39 is 6.04 Å².